The summed E-state index contributed by atoms with van der Waals surface area (Å²) in [4.78, 5) is 12.5. The number of hydrogen-bond acceptors (Lipinski definition) is 2. The standard InChI is InChI=1S/C16H19BrN2O2/c1-9(2)19-8-12(17)7-14(19)16(21)18-13-5-11(4)15(20)6-10(13)3/h5-9,20H,1-4H3,(H,18,21). The van der Waals surface area contributed by atoms with Crippen molar-refractivity contribution in [3.63, 3.8) is 0 Å². The van der Waals surface area contributed by atoms with E-state index in [1.54, 1.807) is 25.1 Å². The molecule has 1 amide bonds. The predicted octanol–water partition coefficient (Wildman–Crippen LogP) is 4.41. The number of benzene rings is 1. The number of phenols is 1. The van der Waals surface area contributed by atoms with Crippen molar-refractivity contribution >= 4 is 27.5 Å². The molecule has 1 aromatic carbocycles. The van der Waals surface area contributed by atoms with Gasteiger partial charge in [0.15, 0.2) is 0 Å². The minimum absolute atomic E-state index is 0.164. The number of anilines is 1. The zero-order valence-electron chi connectivity index (χ0n) is 12.6. The lowest BCUT2D eigenvalue weighted by atomic mass is 10.1. The quantitative estimate of drug-likeness (QED) is 0.805. The predicted molar refractivity (Wildman–Crippen MR) is 88.1 cm³/mol. The summed E-state index contributed by atoms with van der Waals surface area (Å²) in [6.45, 7) is 7.71. The molecular formula is C16H19BrN2O2. The second-order valence-electron chi connectivity index (χ2n) is 5.45. The lowest BCUT2D eigenvalue weighted by Crippen LogP contribution is -2.18. The van der Waals surface area contributed by atoms with Gasteiger partial charge in [-0.15, -0.1) is 0 Å². The highest BCUT2D eigenvalue weighted by Gasteiger charge is 2.16. The van der Waals surface area contributed by atoms with E-state index in [0.717, 1.165) is 15.6 Å². The van der Waals surface area contributed by atoms with Crippen molar-refractivity contribution in [1.29, 1.82) is 0 Å². The van der Waals surface area contributed by atoms with Crippen LogP contribution < -0.4 is 5.32 Å². The van der Waals surface area contributed by atoms with Crippen LogP contribution in [0, 0.1) is 13.8 Å². The van der Waals surface area contributed by atoms with Crippen molar-refractivity contribution in [3.8, 4) is 5.75 Å². The van der Waals surface area contributed by atoms with Crippen LogP contribution in [-0.4, -0.2) is 15.6 Å². The summed E-state index contributed by atoms with van der Waals surface area (Å²) in [5.74, 6) is 0.0707. The highest BCUT2D eigenvalue weighted by atomic mass is 79.9. The van der Waals surface area contributed by atoms with Gasteiger partial charge in [0.05, 0.1) is 0 Å². The van der Waals surface area contributed by atoms with E-state index in [-0.39, 0.29) is 17.7 Å². The Morgan fingerprint density at radius 2 is 1.90 bits per heavy atom. The van der Waals surface area contributed by atoms with Crippen LogP contribution >= 0.6 is 15.9 Å². The van der Waals surface area contributed by atoms with Crippen LogP contribution in [0.4, 0.5) is 5.69 Å². The molecule has 0 saturated heterocycles. The number of carbonyl (C=O) groups excluding carboxylic acids is 1. The Labute approximate surface area is 132 Å². The zero-order chi connectivity index (χ0) is 15.7. The number of amides is 1. The van der Waals surface area contributed by atoms with E-state index in [0.29, 0.717) is 11.4 Å². The molecule has 0 saturated carbocycles. The van der Waals surface area contributed by atoms with E-state index in [2.05, 4.69) is 21.2 Å². The topological polar surface area (TPSA) is 54.3 Å². The molecule has 4 nitrogen and oxygen atoms in total. The van der Waals surface area contributed by atoms with Crippen molar-refractivity contribution in [2.75, 3.05) is 5.32 Å². The highest BCUT2D eigenvalue weighted by molar-refractivity contribution is 9.10. The van der Waals surface area contributed by atoms with Crippen molar-refractivity contribution < 1.29 is 9.90 Å². The fourth-order valence-corrected chi connectivity index (χ4v) is 2.61. The molecule has 0 aliphatic carbocycles. The van der Waals surface area contributed by atoms with Gasteiger partial charge in [-0.2, -0.15) is 0 Å². The van der Waals surface area contributed by atoms with E-state index in [1.165, 1.54) is 0 Å². The Kier molecular flexibility index (Phi) is 4.42. The number of nitrogens with one attached hydrogen (secondary N) is 1. The van der Waals surface area contributed by atoms with Crippen molar-refractivity contribution in [2.45, 2.75) is 33.7 Å². The van der Waals surface area contributed by atoms with Crippen molar-refractivity contribution in [1.82, 2.24) is 4.57 Å². The largest absolute Gasteiger partial charge is 0.508 e. The third-order valence-electron chi connectivity index (χ3n) is 3.40. The third-order valence-corrected chi connectivity index (χ3v) is 3.83. The number of aryl methyl sites for hydroxylation is 2. The molecule has 0 fully saturated rings. The molecule has 112 valence electrons. The van der Waals surface area contributed by atoms with Gasteiger partial charge < -0.3 is 15.0 Å². The molecule has 0 aliphatic heterocycles. The van der Waals surface area contributed by atoms with Crippen molar-refractivity contribution in [2.24, 2.45) is 0 Å². The van der Waals surface area contributed by atoms with Gasteiger partial charge in [0.1, 0.15) is 11.4 Å². The molecule has 21 heavy (non-hydrogen) atoms. The molecule has 0 radical (unpaired) electrons. The molecule has 2 aromatic rings. The molecule has 0 spiro atoms. The van der Waals surface area contributed by atoms with Crippen LogP contribution in [-0.2, 0) is 0 Å². The molecule has 1 aromatic heterocycles. The Bertz CT molecular complexity index is 690. The van der Waals surface area contributed by atoms with Gasteiger partial charge in [-0.05, 0) is 73.0 Å². The number of carbonyl (C=O) groups is 1. The van der Waals surface area contributed by atoms with E-state index in [4.69, 9.17) is 0 Å². The Hall–Kier alpha value is -1.75. The van der Waals surface area contributed by atoms with Gasteiger partial charge in [0.2, 0.25) is 0 Å². The number of nitrogens with zero attached hydrogens (tertiary/aromatic N) is 1. The second kappa shape index (κ2) is 5.93. The van der Waals surface area contributed by atoms with Crippen LogP contribution in [0.2, 0.25) is 0 Å². The van der Waals surface area contributed by atoms with Crippen LogP contribution in [0.5, 0.6) is 5.75 Å². The zero-order valence-corrected chi connectivity index (χ0v) is 14.2. The van der Waals surface area contributed by atoms with Crippen molar-refractivity contribution in [3.05, 3.63) is 45.7 Å². The maximum atomic E-state index is 12.5. The fourth-order valence-electron chi connectivity index (χ4n) is 2.18. The fraction of sp³-hybridized carbons (Fsp3) is 0.312. The molecule has 0 unspecified atom stereocenters. The van der Waals surface area contributed by atoms with Gasteiger partial charge in [0, 0.05) is 22.4 Å². The minimum atomic E-state index is -0.164. The summed E-state index contributed by atoms with van der Waals surface area (Å²) in [6.07, 6.45) is 1.90. The number of halogens is 1. The van der Waals surface area contributed by atoms with Crippen LogP contribution in [0.25, 0.3) is 0 Å². The summed E-state index contributed by atoms with van der Waals surface area (Å²) < 4.78 is 2.79. The first-order valence-electron chi connectivity index (χ1n) is 6.78. The monoisotopic (exact) mass is 350 g/mol. The van der Waals surface area contributed by atoms with E-state index in [9.17, 15) is 9.90 Å². The summed E-state index contributed by atoms with van der Waals surface area (Å²) in [7, 11) is 0. The first-order valence-corrected chi connectivity index (χ1v) is 7.58. The highest BCUT2D eigenvalue weighted by Crippen LogP contribution is 2.26. The van der Waals surface area contributed by atoms with Gasteiger partial charge >= 0.3 is 0 Å². The van der Waals surface area contributed by atoms with E-state index >= 15 is 0 Å². The summed E-state index contributed by atoms with van der Waals surface area (Å²) in [5.41, 5.74) is 2.87. The minimum Gasteiger partial charge on any atom is -0.508 e. The molecule has 5 heteroatoms. The lowest BCUT2D eigenvalue weighted by molar-refractivity contribution is 0.101. The number of phenolic OH excluding ortho intramolecular Hbond substituents is 1. The lowest BCUT2D eigenvalue weighted by Gasteiger charge is -2.14. The maximum Gasteiger partial charge on any atom is 0.272 e. The number of hydrogen-bond donors (Lipinski definition) is 2. The van der Waals surface area contributed by atoms with E-state index in [1.807, 2.05) is 31.5 Å². The number of aromatic nitrogens is 1. The Balaban J connectivity index is 2.33. The Morgan fingerprint density at radius 1 is 1.24 bits per heavy atom. The maximum absolute atomic E-state index is 12.5. The number of aromatic hydroxyl groups is 1. The molecule has 2 rings (SSSR count). The smallest absolute Gasteiger partial charge is 0.272 e. The normalized spacial score (nSPS) is 11.0. The van der Waals surface area contributed by atoms with Crippen LogP contribution in [0.1, 0.15) is 41.5 Å². The first kappa shape index (κ1) is 15.6. The molecular weight excluding hydrogens is 332 g/mol. The summed E-state index contributed by atoms with van der Waals surface area (Å²) in [6, 6.07) is 5.43. The van der Waals surface area contributed by atoms with Gasteiger partial charge in [-0.25, -0.2) is 0 Å². The van der Waals surface area contributed by atoms with Gasteiger partial charge in [-0.3, -0.25) is 4.79 Å². The van der Waals surface area contributed by atoms with Gasteiger partial charge in [0.25, 0.3) is 5.91 Å². The van der Waals surface area contributed by atoms with Crippen LogP contribution in [0.3, 0.4) is 0 Å². The number of rotatable bonds is 3. The van der Waals surface area contributed by atoms with E-state index < -0.39 is 0 Å². The molecule has 0 atom stereocenters. The second-order valence-corrected chi connectivity index (χ2v) is 6.37. The summed E-state index contributed by atoms with van der Waals surface area (Å²) >= 11 is 3.41. The summed E-state index contributed by atoms with van der Waals surface area (Å²) in [5, 5.41) is 12.6. The van der Waals surface area contributed by atoms with Gasteiger partial charge in [-0.1, -0.05) is 0 Å². The average Bonchev–Trinajstić information content (AvgIpc) is 2.78. The SMILES string of the molecule is Cc1cc(NC(=O)c2cc(Br)cn2C(C)C)c(C)cc1O. The molecule has 0 bridgehead atoms. The molecule has 0 aliphatic rings. The Morgan fingerprint density at radius 3 is 2.52 bits per heavy atom. The third kappa shape index (κ3) is 3.29. The molecule has 1 heterocycles. The molecule has 2 N–H and O–H groups in total. The van der Waals surface area contributed by atoms with Crippen LogP contribution in [0.15, 0.2) is 28.9 Å². The average molecular weight is 351 g/mol. The first-order chi connectivity index (χ1) is 9.79.